The van der Waals surface area contributed by atoms with E-state index >= 15 is 0 Å². The molecular weight excluding hydrogens is 270 g/mol. The molecule has 1 radical (unpaired) electrons. The number of carbonyl (C=O) groups excluding carboxylic acids is 1. The summed E-state index contributed by atoms with van der Waals surface area (Å²) in [6, 6.07) is 9.04. The largest absolute Gasteiger partial charge is 0.483 e. The summed E-state index contributed by atoms with van der Waals surface area (Å²) in [5, 5.41) is 0. The average molecular weight is 285 g/mol. The molecule has 1 unspecified atom stereocenters. The van der Waals surface area contributed by atoms with Gasteiger partial charge in [0, 0.05) is 0 Å². The normalized spacial score (nSPS) is 19.9. The second-order valence-corrected chi connectivity index (χ2v) is 4.86. The third kappa shape index (κ3) is 2.41. The first-order valence-corrected chi connectivity index (χ1v) is 6.50. The standard InChI is InChI=1S/C15H15N3O3/c1-15(14(16)19,21-11-5-3-2-4-6-11)12-9-18-7-8-20-10-13(18)17-12/h2-9H,10H2,1H3,(H2,16,19)/q+1. The highest BCUT2D eigenvalue weighted by molar-refractivity contribution is 5.95. The Bertz CT molecular complexity index is 651. The molecule has 2 N–H and O–H groups in total. The molecule has 3 rings (SSSR count). The van der Waals surface area contributed by atoms with Crippen LogP contribution in [0.3, 0.4) is 0 Å². The van der Waals surface area contributed by atoms with Gasteiger partial charge >= 0.3 is 5.84 Å². The van der Waals surface area contributed by atoms with Gasteiger partial charge in [0.05, 0.1) is 0 Å². The number of amidine groups is 1. The van der Waals surface area contributed by atoms with Gasteiger partial charge < -0.3 is 15.2 Å². The molecule has 6 heteroatoms. The van der Waals surface area contributed by atoms with Crippen LogP contribution in [0.1, 0.15) is 6.92 Å². The number of amides is 1. The first kappa shape index (κ1) is 13.4. The van der Waals surface area contributed by atoms with E-state index < -0.39 is 11.5 Å². The van der Waals surface area contributed by atoms with Crippen LogP contribution in [0.15, 0.2) is 59.7 Å². The molecule has 0 aliphatic carbocycles. The number of aliphatic imine (C=N–C) groups is 1. The molecule has 0 saturated carbocycles. The second-order valence-electron chi connectivity index (χ2n) is 4.86. The molecule has 2 aliphatic rings. The van der Waals surface area contributed by atoms with Gasteiger partial charge in [-0.05, 0) is 19.1 Å². The summed E-state index contributed by atoms with van der Waals surface area (Å²) in [7, 11) is 0. The Hall–Kier alpha value is -2.60. The zero-order chi connectivity index (χ0) is 14.9. The van der Waals surface area contributed by atoms with Crippen LogP contribution in [0.4, 0.5) is 0 Å². The van der Waals surface area contributed by atoms with Crippen molar-refractivity contribution >= 4 is 11.7 Å². The molecule has 6 nitrogen and oxygen atoms in total. The number of benzene rings is 1. The van der Waals surface area contributed by atoms with E-state index in [1.807, 2.05) is 18.2 Å². The molecule has 0 aromatic heterocycles. The van der Waals surface area contributed by atoms with Crippen molar-refractivity contribution < 1.29 is 14.3 Å². The average Bonchev–Trinajstić information content (AvgIpc) is 2.92. The summed E-state index contributed by atoms with van der Waals surface area (Å²) in [5.41, 5.74) is 4.65. The zero-order valence-electron chi connectivity index (χ0n) is 11.5. The number of primary amides is 1. The molecule has 2 aliphatic heterocycles. The highest BCUT2D eigenvalue weighted by Crippen LogP contribution is 2.29. The molecule has 0 bridgehead atoms. The van der Waals surface area contributed by atoms with Crippen LogP contribution in [0.2, 0.25) is 0 Å². The summed E-state index contributed by atoms with van der Waals surface area (Å²) < 4.78 is 11.0. The lowest BCUT2D eigenvalue weighted by Gasteiger charge is -2.25. The maximum atomic E-state index is 11.9. The van der Waals surface area contributed by atoms with Gasteiger partial charge in [-0.15, -0.1) is 0 Å². The molecule has 1 atom stereocenters. The van der Waals surface area contributed by atoms with Crippen molar-refractivity contribution in [2.75, 3.05) is 6.61 Å². The lowest BCUT2D eigenvalue weighted by molar-refractivity contribution is -0.129. The van der Waals surface area contributed by atoms with Gasteiger partial charge in [-0.2, -0.15) is 4.99 Å². The van der Waals surface area contributed by atoms with Gasteiger partial charge in [-0.3, -0.25) is 4.79 Å². The van der Waals surface area contributed by atoms with Crippen molar-refractivity contribution in [2.45, 2.75) is 12.5 Å². The number of ether oxygens (including phenoxy) is 2. The molecule has 21 heavy (non-hydrogen) atoms. The number of carbonyl (C=O) groups is 1. The lowest BCUT2D eigenvalue weighted by atomic mass is 10.0. The van der Waals surface area contributed by atoms with Crippen molar-refractivity contribution in [3.05, 3.63) is 54.7 Å². The Morgan fingerprint density at radius 1 is 1.43 bits per heavy atom. The summed E-state index contributed by atoms with van der Waals surface area (Å²) >= 11 is 0. The molecule has 2 heterocycles. The maximum Gasteiger partial charge on any atom is 0.301 e. The minimum absolute atomic E-state index is 0.344. The Morgan fingerprint density at radius 2 is 2.19 bits per heavy atom. The third-order valence-corrected chi connectivity index (χ3v) is 3.36. The molecule has 0 saturated heterocycles. The molecule has 0 fully saturated rings. The number of hydrogen-bond donors (Lipinski definition) is 1. The molecule has 1 aromatic rings. The van der Waals surface area contributed by atoms with Crippen LogP contribution in [0.5, 0.6) is 5.75 Å². The van der Waals surface area contributed by atoms with E-state index in [1.54, 1.807) is 42.6 Å². The van der Waals surface area contributed by atoms with Crippen LogP contribution >= 0.6 is 0 Å². The number of fused-ring (bicyclic) bond motifs is 1. The third-order valence-electron chi connectivity index (χ3n) is 3.36. The van der Waals surface area contributed by atoms with E-state index in [-0.39, 0.29) is 0 Å². The van der Waals surface area contributed by atoms with E-state index in [0.717, 1.165) is 0 Å². The highest BCUT2D eigenvalue weighted by atomic mass is 16.5. The summed E-state index contributed by atoms with van der Waals surface area (Å²) in [5.74, 6) is 0.639. The summed E-state index contributed by atoms with van der Waals surface area (Å²) in [6.07, 6.45) is 5.01. The van der Waals surface area contributed by atoms with Crippen LogP contribution < -0.4 is 15.4 Å². The number of para-hydroxylation sites is 1. The number of hydrogen-bond acceptors (Lipinski definition) is 5. The first-order valence-electron chi connectivity index (χ1n) is 6.50. The van der Waals surface area contributed by atoms with E-state index in [0.29, 0.717) is 23.9 Å². The smallest absolute Gasteiger partial charge is 0.301 e. The van der Waals surface area contributed by atoms with Crippen LogP contribution in [-0.2, 0) is 9.53 Å². The summed E-state index contributed by atoms with van der Waals surface area (Å²) in [6.45, 7) is 1.96. The Balaban J connectivity index is 1.93. The van der Waals surface area contributed by atoms with Crippen molar-refractivity contribution in [3.63, 3.8) is 0 Å². The van der Waals surface area contributed by atoms with E-state index in [2.05, 4.69) is 4.99 Å². The fourth-order valence-corrected chi connectivity index (χ4v) is 2.08. The Morgan fingerprint density at radius 3 is 2.86 bits per heavy atom. The summed E-state index contributed by atoms with van der Waals surface area (Å²) in [4.78, 5) is 18.1. The lowest BCUT2D eigenvalue weighted by Crippen LogP contribution is -2.47. The van der Waals surface area contributed by atoms with Gasteiger partial charge in [-0.25, -0.2) is 0 Å². The Kier molecular flexibility index (Phi) is 3.23. The van der Waals surface area contributed by atoms with Crippen molar-refractivity contribution in [1.82, 2.24) is 4.90 Å². The predicted molar refractivity (Wildman–Crippen MR) is 77.4 cm³/mol. The van der Waals surface area contributed by atoms with Gasteiger partial charge in [0.1, 0.15) is 12.0 Å². The maximum absolute atomic E-state index is 11.9. The van der Waals surface area contributed by atoms with Crippen molar-refractivity contribution in [3.8, 4) is 5.75 Å². The predicted octanol–water partition coefficient (Wildman–Crippen LogP) is 1.20. The van der Waals surface area contributed by atoms with E-state index in [1.165, 1.54) is 0 Å². The molecule has 107 valence electrons. The van der Waals surface area contributed by atoms with E-state index in [4.69, 9.17) is 15.2 Å². The first-order chi connectivity index (χ1) is 10.1. The van der Waals surface area contributed by atoms with Gasteiger partial charge in [0.2, 0.25) is 5.60 Å². The van der Waals surface area contributed by atoms with Crippen LogP contribution in [-0.4, -0.2) is 24.0 Å². The van der Waals surface area contributed by atoms with E-state index in [9.17, 15) is 4.79 Å². The fraction of sp³-hybridized carbons (Fsp3) is 0.200. The Labute approximate surface area is 122 Å². The zero-order valence-corrected chi connectivity index (χ0v) is 11.5. The van der Waals surface area contributed by atoms with Crippen LogP contribution in [0, 0.1) is 0 Å². The minimum atomic E-state index is -1.35. The number of rotatable bonds is 4. The monoisotopic (exact) mass is 285 g/mol. The molecule has 1 aromatic carbocycles. The van der Waals surface area contributed by atoms with Gasteiger partial charge in [-0.1, -0.05) is 23.1 Å². The fourth-order valence-electron chi connectivity index (χ4n) is 2.08. The topological polar surface area (TPSA) is 79.8 Å². The second kappa shape index (κ2) is 5.06. The minimum Gasteiger partial charge on any atom is -0.483 e. The van der Waals surface area contributed by atoms with Crippen molar-refractivity contribution in [2.24, 2.45) is 10.7 Å². The highest BCUT2D eigenvalue weighted by Gasteiger charge is 2.45. The quantitative estimate of drug-likeness (QED) is 0.844. The molecular formula is C15H15N3O3+. The van der Waals surface area contributed by atoms with Crippen LogP contribution in [0.25, 0.3) is 0 Å². The molecule has 0 spiro atoms. The van der Waals surface area contributed by atoms with Crippen molar-refractivity contribution in [1.29, 1.82) is 0 Å². The van der Waals surface area contributed by atoms with Gasteiger partial charge in [0.25, 0.3) is 5.91 Å². The number of nitrogens with two attached hydrogens (primary N) is 1. The van der Waals surface area contributed by atoms with Gasteiger partial charge in [0.15, 0.2) is 24.7 Å². The number of nitrogens with zero attached hydrogens (tertiary/aromatic N) is 2. The SMILES string of the molecule is CC(Oc1ccccc1)(C(N)=O)C1=C[N+]2C=COCC2=N1. The molecule has 1 amide bonds.